The lowest BCUT2D eigenvalue weighted by atomic mass is 10.1. The molecule has 1 heterocycles. The standard InChI is InChI=1S/C15H15NO4/c1-3-20-15(19)13-9(2)16-12(14(13)18)8-10-5-4-6-11(17)7-10/h4-8,17-18H,3H2,1-2H3/b12-8+. The molecule has 5 nitrogen and oxygen atoms in total. The summed E-state index contributed by atoms with van der Waals surface area (Å²) in [7, 11) is 0. The van der Waals surface area contributed by atoms with Crippen molar-refractivity contribution in [3.63, 3.8) is 0 Å². The van der Waals surface area contributed by atoms with E-state index in [-0.39, 0.29) is 29.4 Å². The molecule has 0 atom stereocenters. The van der Waals surface area contributed by atoms with E-state index in [9.17, 15) is 15.0 Å². The van der Waals surface area contributed by atoms with Gasteiger partial charge in [0.15, 0.2) is 5.76 Å². The van der Waals surface area contributed by atoms with Gasteiger partial charge in [-0.1, -0.05) is 12.1 Å². The Morgan fingerprint density at radius 1 is 1.40 bits per heavy atom. The number of aromatic hydroxyl groups is 1. The van der Waals surface area contributed by atoms with Gasteiger partial charge in [-0.2, -0.15) is 0 Å². The van der Waals surface area contributed by atoms with Crippen molar-refractivity contribution in [3.05, 3.63) is 46.9 Å². The molecular formula is C15H15NO4. The zero-order valence-electron chi connectivity index (χ0n) is 11.3. The smallest absolute Gasteiger partial charge is 0.343 e. The lowest BCUT2D eigenvalue weighted by Crippen LogP contribution is -2.13. The average Bonchev–Trinajstić information content (AvgIpc) is 2.65. The van der Waals surface area contributed by atoms with E-state index in [1.54, 1.807) is 38.1 Å². The number of hydrogen-bond acceptors (Lipinski definition) is 5. The summed E-state index contributed by atoms with van der Waals surface area (Å²) in [6.07, 6.45) is 1.59. The maximum atomic E-state index is 11.7. The minimum absolute atomic E-state index is 0.0817. The van der Waals surface area contributed by atoms with E-state index in [4.69, 9.17) is 4.74 Å². The van der Waals surface area contributed by atoms with Gasteiger partial charge in [0.2, 0.25) is 0 Å². The van der Waals surface area contributed by atoms with Crippen molar-refractivity contribution in [2.24, 2.45) is 4.99 Å². The quantitative estimate of drug-likeness (QED) is 0.829. The van der Waals surface area contributed by atoms with E-state index in [1.807, 2.05) is 0 Å². The number of carbonyl (C=O) groups excluding carboxylic acids is 1. The number of esters is 1. The van der Waals surface area contributed by atoms with E-state index in [1.165, 1.54) is 6.07 Å². The Labute approximate surface area is 116 Å². The summed E-state index contributed by atoms with van der Waals surface area (Å²) >= 11 is 0. The molecule has 2 N–H and O–H groups in total. The Hall–Kier alpha value is -2.56. The van der Waals surface area contributed by atoms with Crippen LogP contribution in [0.5, 0.6) is 5.75 Å². The molecule has 1 aliphatic heterocycles. The van der Waals surface area contributed by atoms with Crippen molar-refractivity contribution in [1.29, 1.82) is 0 Å². The Balaban J connectivity index is 2.38. The van der Waals surface area contributed by atoms with Gasteiger partial charge in [-0.3, -0.25) is 0 Å². The number of carbonyl (C=O) groups is 1. The fourth-order valence-corrected chi connectivity index (χ4v) is 1.91. The number of phenols is 1. The first-order valence-corrected chi connectivity index (χ1v) is 6.20. The van der Waals surface area contributed by atoms with Gasteiger partial charge in [0.1, 0.15) is 17.0 Å². The van der Waals surface area contributed by atoms with Crippen molar-refractivity contribution in [2.45, 2.75) is 13.8 Å². The third-order valence-electron chi connectivity index (χ3n) is 2.78. The van der Waals surface area contributed by atoms with Crippen LogP contribution in [0.2, 0.25) is 0 Å². The SMILES string of the molecule is CCOC(=O)C1=C(O)/C(=C\c2cccc(O)c2)N=C1C. The normalized spacial score (nSPS) is 16.5. The third kappa shape index (κ3) is 2.71. The van der Waals surface area contributed by atoms with E-state index < -0.39 is 5.97 Å². The molecule has 0 fully saturated rings. The number of aliphatic hydroxyl groups excluding tert-OH is 1. The van der Waals surface area contributed by atoms with Crippen LogP contribution in [-0.2, 0) is 9.53 Å². The molecule has 0 radical (unpaired) electrons. The third-order valence-corrected chi connectivity index (χ3v) is 2.78. The van der Waals surface area contributed by atoms with Crippen molar-refractivity contribution in [2.75, 3.05) is 6.61 Å². The molecule has 20 heavy (non-hydrogen) atoms. The highest BCUT2D eigenvalue weighted by Crippen LogP contribution is 2.26. The maximum Gasteiger partial charge on any atom is 0.343 e. The van der Waals surface area contributed by atoms with Crippen LogP contribution in [0.3, 0.4) is 0 Å². The van der Waals surface area contributed by atoms with Crippen LogP contribution in [-0.4, -0.2) is 28.5 Å². The second-order valence-electron chi connectivity index (χ2n) is 4.27. The molecule has 0 amide bonds. The van der Waals surface area contributed by atoms with E-state index in [2.05, 4.69) is 4.99 Å². The molecule has 5 heteroatoms. The Morgan fingerprint density at radius 3 is 2.80 bits per heavy atom. The van der Waals surface area contributed by atoms with Crippen molar-refractivity contribution < 1.29 is 19.7 Å². The summed E-state index contributed by atoms with van der Waals surface area (Å²) in [6, 6.07) is 6.52. The molecule has 104 valence electrons. The van der Waals surface area contributed by atoms with Crippen LogP contribution in [0.1, 0.15) is 19.4 Å². The van der Waals surface area contributed by atoms with Crippen LogP contribution >= 0.6 is 0 Å². The number of ether oxygens (including phenoxy) is 1. The molecule has 0 aliphatic carbocycles. The van der Waals surface area contributed by atoms with Gasteiger partial charge >= 0.3 is 5.97 Å². The van der Waals surface area contributed by atoms with Crippen LogP contribution in [0.25, 0.3) is 6.08 Å². The van der Waals surface area contributed by atoms with Crippen molar-refractivity contribution in [1.82, 2.24) is 0 Å². The summed E-state index contributed by atoms with van der Waals surface area (Å²) in [5.74, 6) is -0.679. The van der Waals surface area contributed by atoms with Gasteiger partial charge in [0.05, 0.1) is 12.3 Å². The minimum atomic E-state index is -0.592. The number of hydrogen-bond donors (Lipinski definition) is 2. The Morgan fingerprint density at radius 2 is 2.15 bits per heavy atom. The molecule has 0 saturated heterocycles. The van der Waals surface area contributed by atoms with Crippen LogP contribution < -0.4 is 0 Å². The first kappa shape index (κ1) is 13.9. The molecule has 1 aromatic rings. The second-order valence-corrected chi connectivity index (χ2v) is 4.27. The van der Waals surface area contributed by atoms with E-state index >= 15 is 0 Å². The number of benzene rings is 1. The highest BCUT2D eigenvalue weighted by atomic mass is 16.5. The van der Waals surface area contributed by atoms with Gasteiger partial charge in [0.25, 0.3) is 0 Å². The summed E-state index contributed by atoms with van der Waals surface area (Å²) < 4.78 is 4.88. The molecule has 1 aliphatic rings. The lowest BCUT2D eigenvalue weighted by molar-refractivity contribution is -0.138. The maximum absolute atomic E-state index is 11.7. The van der Waals surface area contributed by atoms with Gasteiger partial charge in [-0.15, -0.1) is 0 Å². The molecule has 1 aromatic carbocycles. The fraction of sp³-hybridized carbons (Fsp3) is 0.200. The minimum Gasteiger partial charge on any atom is -0.508 e. The van der Waals surface area contributed by atoms with Crippen LogP contribution in [0, 0.1) is 0 Å². The molecule has 0 unspecified atom stereocenters. The van der Waals surface area contributed by atoms with Crippen molar-refractivity contribution in [3.8, 4) is 5.75 Å². The molecule has 2 rings (SSSR count). The van der Waals surface area contributed by atoms with E-state index in [0.29, 0.717) is 11.3 Å². The van der Waals surface area contributed by atoms with E-state index in [0.717, 1.165) is 0 Å². The van der Waals surface area contributed by atoms with Gasteiger partial charge in [-0.05, 0) is 37.6 Å². The fourth-order valence-electron chi connectivity index (χ4n) is 1.91. The van der Waals surface area contributed by atoms with Crippen LogP contribution in [0.15, 0.2) is 46.3 Å². The zero-order chi connectivity index (χ0) is 14.7. The van der Waals surface area contributed by atoms with Crippen molar-refractivity contribution >= 4 is 17.8 Å². The summed E-state index contributed by atoms with van der Waals surface area (Å²) in [4.78, 5) is 15.9. The predicted molar refractivity (Wildman–Crippen MR) is 75.5 cm³/mol. The molecular weight excluding hydrogens is 258 g/mol. The summed E-state index contributed by atoms with van der Waals surface area (Å²) in [5.41, 5.74) is 1.44. The number of nitrogens with zero attached hydrogens (tertiary/aromatic N) is 1. The number of phenolic OH excluding ortho intramolecular Hbond substituents is 1. The highest BCUT2D eigenvalue weighted by Gasteiger charge is 2.27. The topological polar surface area (TPSA) is 79.1 Å². The van der Waals surface area contributed by atoms with Gasteiger partial charge in [0, 0.05) is 0 Å². The number of aliphatic hydroxyl groups is 1. The zero-order valence-corrected chi connectivity index (χ0v) is 11.3. The van der Waals surface area contributed by atoms with Gasteiger partial charge in [-0.25, -0.2) is 9.79 Å². The van der Waals surface area contributed by atoms with Crippen LogP contribution in [0.4, 0.5) is 0 Å². The number of rotatable bonds is 3. The predicted octanol–water partition coefficient (Wildman–Crippen LogP) is 2.58. The summed E-state index contributed by atoms with van der Waals surface area (Å²) in [5, 5.41) is 19.5. The lowest BCUT2D eigenvalue weighted by Gasteiger charge is -2.02. The first-order chi connectivity index (χ1) is 9.52. The Bertz CT molecular complexity index is 641. The highest BCUT2D eigenvalue weighted by molar-refractivity contribution is 6.22. The first-order valence-electron chi connectivity index (χ1n) is 6.20. The largest absolute Gasteiger partial charge is 0.508 e. The molecule has 0 saturated carbocycles. The second kappa shape index (κ2) is 5.61. The van der Waals surface area contributed by atoms with Gasteiger partial charge < -0.3 is 14.9 Å². The molecule has 0 aromatic heterocycles. The summed E-state index contributed by atoms with van der Waals surface area (Å²) in [6.45, 7) is 3.56. The molecule has 0 spiro atoms. The monoisotopic (exact) mass is 273 g/mol. The average molecular weight is 273 g/mol. The Kier molecular flexibility index (Phi) is 3.89. The molecule has 0 bridgehead atoms. The number of aliphatic imine (C=N–C) groups is 1.